The summed E-state index contributed by atoms with van der Waals surface area (Å²) in [6, 6.07) is 32.7. The topological polar surface area (TPSA) is 180 Å². The third-order valence-corrected chi connectivity index (χ3v) is 28.2. The molecule has 16 bridgehead atoms. The molecule has 0 radical (unpaired) electrons. The monoisotopic (exact) mass is 1390 g/mol. The molecule has 0 saturated heterocycles. The van der Waals surface area contributed by atoms with Crippen LogP contribution in [-0.2, 0) is 26.2 Å². The van der Waals surface area contributed by atoms with E-state index in [1.165, 1.54) is 165 Å². The number of hydrogen-bond acceptors (Lipinski definition) is 17. The Balaban J connectivity index is 0.0000000998. The van der Waals surface area contributed by atoms with Crippen molar-refractivity contribution < 1.29 is 32.3 Å². The molecule has 4 N–H and O–H groups in total. The Kier molecular flexibility index (Phi) is 18.8. The van der Waals surface area contributed by atoms with E-state index in [1.807, 2.05) is 35.7 Å². The van der Waals surface area contributed by atoms with Crippen molar-refractivity contribution in [1.82, 2.24) is 41.9 Å². The average Bonchev–Trinajstić information content (AvgIpc) is 0.935. The molecular formula is C83H104N8O7S2. The first-order valence-corrected chi connectivity index (χ1v) is 40.3. The number of thiophene rings is 1. The zero-order chi connectivity index (χ0) is 67.6. The fourth-order valence-corrected chi connectivity index (χ4v) is 25.2. The molecule has 0 aliphatic heterocycles. The lowest BCUT2D eigenvalue weighted by molar-refractivity contribution is -0.0209. The Bertz CT molecular complexity index is 3980. The van der Waals surface area contributed by atoms with Crippen LogP contribution in [0.1, 0.15) is 182 Å². The lowest BCUT2D eigenvalue weighted by Gasteiger charge is -2.57. The van der Waals surface area contributed by atoms with Gasteiger partial charge in [-0.15, -0.1) is 23.1 Å². The van der Waals surface area contributed by atoms with Gasteiger partial charge in [0.1, 0.15) is 22.1 Å². The molecule has 15 nitrogen and oxygen atoms in total. The summed E-state index contributed by atoms with van der Waals surface area (Å²) in [6.07, 6.45) is 36.2. The summed E-state index contributed by atoms with van der Waals surface area (Å²) in [6.45, 7) is 5.36. The molecular weight excluding hydrogens is 1290 g/mol. The summed E-state index contributed by atoms with van der Waals surface area (Å²) < 4.78 is 38.6. The highest BCUT2D eigenvalue weighted by atomic mass is 32.2. The Morgan fingerprint density at radius 1 is 0.390 bits per heavy atom. The highest BCUT2D eigenvalue weighted by Gasteiger charge is 2.54. The molecule has 0 spiro atoms. The quantitative estimate of drug-likeness (QED) is 0.0529. The predicted octanol–water partition coefficient (Wildman–Crippen LogP) is 18.7. The molecule has 17 heteroatoms. The Morgan fingerprint density at radius 2 is 0.730 bits per heavy atom. The molecule has 100 heavy (non-hydrogen) atoms. The summed E-state index contributed by atoms with van der Waals surface area (Å²) in [5, 5.41) is 34.8. The molecule has 0 amide bonds. The van der Waals surface area contributed by atoms with Crippen LogP contribution in [0.4, 0.5) is 0 Å². The van der Waals surface area contributed by atoms with Crippen LogP contribution in [0.2, 0.25) is 0 Å². The van der Waals surface area contributed by atoms with Gasteiger partial charge < -0.3 is 53.6 Å². The SMILES string of the molecule is COc1ccc(-c2cc(CNC34CC5CC(CC(C5)C3)C4)no2)c(OC)c1.COc1ccsc1-c1cc(CNC23CC4CC(CC(C4)C2)C3)no1.CSc1ccccc1-c1cc(CNC23CC4CC(CC(C4)C2)C3)no1.Cc1ccccc1-c1cc(CNC23CC4CC(CC(C4)C2)C3)no1. The molecule has 16 saturated carbocycles. The van der Waals surface area contributed by atoms with Crippen LogP contribution >= 0.6 is 23.1 Å². The van der Waals surface area contributed by atoms with E-state index in [-0.39, 0.29) is 0 Å². The van der Waals surface area contributed by atoms with E-state index in [2.05, 4.69) is 122 Å². The molecule has 16 fully saturated rings. The number of methoxy groups -OCH3 is 3. The highest BCUT2D eigenvalue weighted by molar-refractivity contribution is 7.98. The van der Waals surface area contributed by atoms with E-state index in [9.17, 15) is 0 Å². The van der Waals surface area contributed by atoms with Gasteiger partial charge in [-0.1, -0.05) is 57.0 Å². The van der Waals surface area contributed by atoms with Gasteiger partial charge in [-0.05, 0) is 280 Å². The van der Waals surface area contributed by atoms with Crippen molar-refractivity contribution in [2.45, 2.75) is 214 Å². The van der Waals surface area contributed by atoms with Gasteiger partial charge in [-0.3, -0.25) is 0 Å². The molecule has 0 unspecified atom stereocenters. The summed E-state index contributed by atoms with van der Waals surface area (Å²) in [5.74, 6) is 17.2. The zero-order valence-electron chi connectivity index (χ0n) is 59.5. The first-order chi connectivity index (χ1) is 48.8. The number of nitrogens with one attached hydrogen (secondary N) is 4. The van der Waals surface area contributed by atoms with Crippen LogP contribution < -0.4 is 35.5 Å². The van der Waals surface area contributed by atoms with Gasteiger partial charge in [-0.25, -0.2) is 0 Å². The third kappa shape index (κ3) is 14.2. The van der Waals surface area contributed by atoms with E-state index < -0.39 is 0 Å². The minimum absolute atomic E-state index is 0.339. The minimum Gasteiger partial charge on any atom is -0.497 e. The molecule has 0 atom stereocenters. The average molecular weight is 1390 g/mol. The Morgan fingerprint density at radius 3 is 1.10 bits per heavy atom. The number of aromatic nitrogens is 4. The highest BCUT2D eigenvalue weighted by Crippen LogP contribution is 2.59. The van der Waals surface area contributed by atoms with Crippen molar-refractivity contribution in [2.75, 3.05) is 27.6 Å². The van der Waals surface area contributed by atoms with Crippen LogP contribution in [-0.4, -0.2) is 70.4 Å². The van der Waals surface area contributed by atoms with Crippen LogP contribution in [0.5, 0.6) is 17.2 Å². The summed E-state index contributed by atoms with van der Waals surface area (Å²) in [7, 11) is 5.00. The molecule has 5 heterocycles. The lowest BCUT2D eigenvalue weighted by atomic mass is 9.53. The second kappa shape index (κ2) is 28.1. The fraction of sp³-hybridized carbons (Fsp3) is 0.590. The van der Waals surface area contributed by atoms with E-state index in [0.29, 0.717) is 22.2 Å². The van der Waals surface area contributed by atoms with Gasteiger partial charge in [-0.2, -0.15) is 0 Å². The molecule has 5 aromatic heterocycles. The van der Waals surface area contributed by atoms with Gasteiger partial charge in [0, 0.05) is 94.7 Å². The van der Waals surface area contributed by atoms with E-state index in [1.54, 1.807) is 44.4 Å². The zero-order valence-corrected chi connectivity index (χ0v) is 61.1. The molecule has 530 valence electrons. The van der Waals surface area contributed by atoms with E-state index >= 15 is 0 Å². The normalized spacial score (nSPS) is 33.0. The molecule has 16 aliphatic carbocycles. The first-order valence-electron chi connectivity index (χ1n) is 38.2. The summed E-state index contributed by atoms with van der Waals surface area (Å²) in [4.78, 5) is 2.25. The van der Waals surface area contributed by atoms with Gasteiger partial charge in [0.2, 0.25) is 0 Å². The van der Waals surface area contributed by atoms with Crippen LogP contribution in [0.25, 0.3) is 44.6 Å². The maximum Gasteiger partial charge on any atom is 0.180 e. The number of benzene rings is 3. The summed E-state index contributed by atoms with van der Waals surface area (Å²) >= 11 is 3.37. The first kappa shape index (κ1) is 67.0. The summed E-state index contributed by atoms with van der Waals surface area (Å²) in [5.41, 5.74) is 9.90. The number of ether oxygens (including phenoxy) is 3. The smallest absolute Gasteiger partial charge is 0.180 e. The van der Waals surface area contributed by atoms with Crippen molar-refractivity contribution in [3.05, 3.63) is 131 Å². The van der Waals surface area contributed by atoms with Crippen molar-refractivity contribution in [3.8, 4) is 61.9 Å². The number of thioether (sulfide) groups is 1. The second-order valence-corrected chi connectivity index (χ2v) is 35.6. The molecule has 24 rings (SSSR count). The van der Waals surface area contributed by atoms with Gasteiger partial charge in [0.05, 0.1) is 49.7 Å². The predicted molar refractivity (Wildman–Crippen MR) is 393 cm³/mol. The lowest BCUT2D eigenvalue weighted by Crippen LogP contribution is -2.58. The molecule has 8 aromatic rings. The minimum atomic E-state index is 0.339. The maximum atomic E-state index is 5.66. The molecule has 16 aliphatic rings. The van der Waals surface area contributed by atoms with Gasteiger partial charge in [0.25, 0.3) is 0 Å². The van der Waals surface area contributed by atoms with Gasteiger partial charge >= 0.3 is 0 Å². The maximum absolute atomic E-state index is 5.66. The number of nitrogens with zero attached hydrogens (tertiary/aromatic N) is 4. The van der Waals surface area contributed by atoms with Crippen molar-refractivity contribution in [2.24, 2.45) is 71.0 Å². The number of aryl methyl sites for hydroxylation is 1. The van der Waals surface area contributed by atoms with Crippen LogP contribution in [0.3, 0.4) is 0 Å². The fourth-order valence-electron chi connectivity index (χ4n) is 23.8. The molecule has 3 aromatic carbocycles. The van der Waals surface area contributed by atoms with Crippen molar-refractivity contribution in [1.29, 1.82) is 0 Å². The van der Waals surface area contributed by atoms with Crippen molar-refractivity contribution >= 4 is 23.1 Å². The Labute approximate surface area is 599 Å². The third-order valence-electron chi connectivity index (χ3n) is 26.5. The second-order valence-electron chi connectivity index (χ2n) is 33.8. The largest absolute Gasteiger partial charge is 0.497 e. The van der Waals surface area contributed by atoms with Gasteiger partial charge in [0.15, 0.2) is 23.0 Å². The van der Waals surface area contributed by atoms with E-state index in [4.69, 9.17) is 32.3 Å². The van der Waals surface area contributed by atoms with E-state index in [0.717, 1.165) is 182 Å². The van der Waals surface area contributed by atoms with Crippen LogP contribution in [0.15, 0.2) is 125 Å². The van der Waals surface area contributed by atoms with Crippen molar-refractivity contribution in [3.63, 3.8) is 0 Å². The number of hydrogen-bond donors (Lipinski definition) is 4. The standard InChI is InChI=1S/C22H28N2O3.C21H26N2OS.C21H26N2O.C19H24N2O2S/c1-25-18-3-4-19(20(9-18)26-2)21-8-17(24-27-21)13-23-22-10-14-5-15(11-22)7-16(6-14)12-22;1-25-20-5-3-2-4-18(20)19-9-17(23-24-19)13-22-21-10-14-6-15(11-21)8-16(7-14)12-21;1-14-4-2-3-5-19(14)20-9-18(23-24-20)13-22-21-10-15-6-16(11-21)8-17(7-15)12-21;1-22-16-2-3-24-18(16)17-7-15(21-23-17)11-20-19-8-12-4-13(9-19)6-14(5-12)10-19/h3-4,8-9,14-16,23H,5-7,10-13H2,1-2H3;2-5,9,14-16,22H,6-8,10-13H2,1H3;2-5,9,15-17,22H,6-8,10-13H2,1H3;2-3,7,12-14,20H,4-6,8-11H2,1H3. The number of rotatable bonds is 20. The van der Waals surface area contributed by atoms with Crippen LogP contribution in [0, 0.1) is 77.9 Å². The Hall–Kier alpha value is -6.21.